The van der Waals surface area contributed by atoms with E-state index in [1.807, 2.05) is 16.8 Å². The highest BCUT2D eigenvalue weighted by atomic mass is 35.5. The van der Waals surface area contributed by atoms with E-state index in [0.29, 0.717) is 0 Å². The Bertz CT molecular complexity index is 462. The zero-order valence-electron chi connectivity index (χ0n) is 9.74. The van der Waals surface area contributed by atoms with Crippen LogP contribution in [0.4, 0.5) is 0 Å². The predicted octanol–water partition coefficient (Wildman–Crippen LogP) is 1.33. The zero-order chi connectivity index (χ0) is 10.8. The summed E-state index contributed by atoms with van der Waals surface area (Å²) in [5.41, 5.74) is 0.982. The van der Waals surface area contributed by atoms with E-state index in [1.165, 1.54) is 0 Å². The lowest BCUT2D eigenvalue weighted by molar-refractivity contribution is 0.589. The van der Waals surface area contributed by atoms with Crippen molar-refractivity contribution in [3.8, 4) is 11.4 Å². The quantitative estimate of drug-likeness (QED) is 0.860. The maximum atomic E-state index is 4.55. The van der Waals surface area contributed by atoms with Crippen molar-refractivity contribution in [3.63, 3.8) is 0 Å². The number of hydrogen-bond donors (Lipinski definition) is 1. The molecule has 1 N–H and O–H groups in total. The van der Waals surface area contributed by atoms with Crippen LogP contribution in [-0.4, -0.2) is 32.8 Å². The molecule has 3 heterocycles. The summed E-state index contributed by atoms with van der Waals surface area (Å²) in [5.74, 6) is 1.84. The monoisotopic (exact) mass is 287 g/mol. The summed E-state index contributed by atoms with van der Waals surface area (Å²) in [7, 11) is 0. The summed E-state index contributed by atoms with van der Waals surface area (Å²) in [4.78, 5) is 8.64. The molecule has 18 heavy (non-hydrogen) atoms. The lowest BCUT2D eigenvalue weighted by atomic mass is 10.3. The Morgan fingerprint density at radius 3 is 2.89 bits per heavy atom. The van der Waals surface area contributed by atoms with Crippen molar-refractivity contribution in [2.45, 2.75) is 13.0 Å². The van der Waals surface area contributed by atoms with Gasteiger partial charge in [0.15, 0.2) is 5.82 Å². The van der Waals surface area contributed by atoms with Crippen LogP contribution in [0.15, 0.2) is 24.5 Å². The van der Waals surface area contributed by atoms with Crippen LogP contribution < -0.4 is 5.32 Å². The Hall–Kier alpha value is -1.17. The van der Waals surface area contributed by atoms with Crippen LogP contribution in [0.5, 0.6) is 0 Å². The fraction of sp³-hybridized carbons (Fsp3) is 0.364. The fourth-order valence-electron chi connectivity index (χ4n) is 1.87. The van der Waals surface area contributed by atoms with Crippen LogP contribution in [-0.2, 0) is 13.0 Å². The fourth-order valence-corrected chi connectivity index (χ4v) is 1.87. The number of hydrogen-bond acceptors (Lipinski definition) is 4. The maximum Gasteiger partial charge on any atom is 0.182 e. The average Bonchev–Trinajstić information content (AvgIpc) is 2.62. The highest BCUT2D eigenvalue weighted by Gasteiger charge is 2.13. The summed E-state index contributed by atoms with van der Waals surface area (Å²) in [6, 6.07) is 3.89. The van der Waals surface area contributed by atoms with Crippen molar-refractivity contribution in [3.05, 3.63) is 30.4 Å². The van der Waals surface area contributed by atoms with Gasteiger partial charge in [0.05, 0.1) is 6.54 Å². The molecule has 98 valence electrons. The standard InChI is InChI=1S/C11H13N5.2ClH/c1-2-9(8-13-4-1)11-14-10-3-5-12-6-7-16(10)15-11;;/h1-2,4,8,12H,3,5-7H2;2*1H. The summed E-state index contributed by atoms with van der Waals surface area (Å²) in [6.07, 6.45) is 4.50. The highest BCUT2D eigenvalue weighted by Crippen LogP contribution is 2.14. The number of halogens is 2. The second kappa shape index (κ2) is 6.68. The topological polar surface area (TPSA) is 55.6 Å². The highest BCUT2D eigenvalue weighted by molar-refractivity contribution is 5.85. The number of pyridine rings is 1. The molecule has 0 amide bonds. The van der Waals surface area contributed by atoms with E-state index < -0.39 is 0 Å². The molecule has 0 saturated heterocycles. The molecule has 0 radical (unpaired) electrons. The van der Waals surface area contributed by atoms with Crippen LogP contribution in [0, 0.1) is 0 Å². The first-order chi connectivity index (χ1) is 7.93. The first-order valence-corrected chi connectivity index (χ1v) is 5.48. The van der Waals surface area contributed by atoms with Gasteiger partial charge in [-0.05, 0) is 12.1 Å². The summed E-state index contributed by atoms with van der Waals surface area (Å²) >= 11 is 0. The molecule has 0 spiro atoms. The second-order valence-corrected chi connectivity index (χ2v) is 3.82. The van der Waals surface area contributed by atoms with Crippen LogP contribution in [0.1, 0.15) is 5.82 Å². The van der Waals surface area contributed by atoms with Gasteiger partial charge in [0.2, 0.25) is 0 Å². The third-order valence-electron chi connectivity index (χ3n) is 2.69. The van der Waals surface area contributed by atoms with Gasteiger partial charge < -0.3 is 5.32 Å². The van der Waals surface area contributed by atoms with Gasteiger partial charge in [-0.25, -0.2) is 9.67 Å². The summed E-state index contributed by atoms with van der Waals surface area (Å²) in [5, 5.41) is 7.83. The first-order valence-electron chi connectivity index (χ1n) is 5.48. The minimum atomic E-state index is 0. The predicted molar refractivity (Wildman–Crippen MR) is 74.3 cm³/mol. The minimum Gasteiger partial charge on any atom is -0.314 e. The van der Waals surface area contributed by atoms with Gasteiger partial charge in [0.25, 0.3) is 0 Å². The van der Waals surface area contributed by atoms with Crippen molar-refractivity contribution in [1.29, 1.82) is 0 Å². The molecule has 0 unspecified atom stereocenters. The normalized spacial score (nSPS) is 13.8. The molecular weight excluding hydrogens is 273 g/mol. The molecule has 0 saturated carbocycles. The van der Waals surface area contributed by atoms with E-state index >= 15 is 0 Å². The zero-order valence-corrected chi connectivity index (χ0v) is 11.4. The van der Waals surface area contributed by atoms with Gasteiger partial charge >= 0.3 is 0 Å². The number of nitrogens with zero attached hydrogens (tertiary/aromatic N) is 4. The largest absolute Gasteiger partial charge is 0.314 e. The number of nitrogens with one attached hydrogen (secondary N) is 1. The average molecular weight is 288 g/mol. The van der Waals surface area contributed by atoms with E-state index in [1.54, 1.807) is 12.4 Å². The molecule has 0 fully saturated rings. The molecule has 5 nitrogen and oxygen atoms in total. The number of fused-ring (bicyclic) bond motifs is 1. The second-order valence-electron chi connectivity index (χ2n) is 3.82. The molecule has 3 rings (SSSR count). The Morgan fingerprint density at radius 1 is 1.22 bits per heavy atom. The van der Waals surface area contributed by atoms with Crippen LogP contribution >= 0.6 is 24.8 Å². The van der Waals surface area contributed by atoms with Crippen molar-refractivity contribution < 1.29 is 0 Å². The molecule has 0 aliphatic carbocycles. The van der Waals surface area contributed by atoms with Gasteiger partial charge in [-0.2, -0.15) is 5.10 Å². The molecule has 2 aromatic heterocycles. The molecule has 1 aliphatic rings. The Labute approximate surface area is 118 Å². The van der Waals surface area contributed by atoms with Gasteiger partial charge in [-0.15, -0.1) is 24.8 Å². The lowest BCUT2D eigenvalue weighted by Gasteiger charge is -1.97. The molecule has 0 bridgehead atoms. The minimum absolute atomic E-state index is 0. The van der Waals surface area contributed by atoms with Crippen molar-refractivity contribution >= 4 is 24.8 Å². The van der Waals surface area contributed by atoms with E-state index in [-0.39, 0.29) is 24.8 Å². The lowest BCUT2D eigenvalue weighted by Crippen LogP contribution is -2.17. The Morgan fingerprint density at radius 2 is 2.11 bits per heavy atom. The molecule has 2 aromatic rings. The SMILES string of the molecule is Cl.Cl.c1cncc(-c2nc3n(n2)CCNCC3)c1. The summed E-state index contributed by atoms with van der Waals surface area (Å²) < 4.78 is 1.99. The summed E-state index contributed by atoms with van der Waals surface area (Å²) in [6.45, 7) is 2.83. The van der Waals surface area contributed by atoms with Gasteiger partial charge in [-0.3, -0.25) is 4.98 Å². The molecular formula is C11H15Cl2N5. The van der Waals surface area contributed by atoms with Gasteiger partial charge in [-0.1, -0.05) is 0 Å². The molecule has 7 heteroatoms. The van der Waals surface area contributed by atoms with Crippen molar-refractivity contribution in [2.24, 2.45) is 0 Å². The van der Waals surface area contributed by atoms with Crippen molar-refractivity contribution in [2.75, 3.05) is 13.1 Å². The third-order valence-corrected chi connectivity index (χ3v) is 2.69. The molecule has 0 aromatic carbocycles. The van der Waals surface area contributed by atoms with Crippen LogP contribution in [0.25, 0.3) is 11.4 Å². The van der Waals surface area contributed by atoms with Gasteiger partial charge in [0, 0.05) is 37.5 Å². The van der Waals surface area contributed by atoms with Gasteiger partial charge in [0.1, 0.15) is 5.82 Å². The van der Waals surface area contributed by atoms with E-state index in [9.17, 15) is 0 Å². The number of aromatic nitrogens is 4. The molecule has 1 aliphatic heterocycles. The third kappa shape index (κ3) is 2.98. The first kappa shape index (κ1) is 14.9. The smallest absolute Gasteiger partial charge is 0.182 e. The van der Waals surface area contributed by atoms with Crippen LogP contribution in [0.3, 0.4) is 0 Å². The van der Waals surface area contributed by atoms with Crippen LogP contribution in [0.2, 0.25) is 0 Å². The Balaban J connectivity index is 0.000000810. The van der Waals surface area contributed by atoms with E-state index in [2.05, 4.69) is 20.4 Å². The molecule has 0 atom stereocenters. The van der Waals surface area contributed by atoms with E-state index in [4.69, 9.17) is 0 Å². The number of rotatable bonds is 1. The maximum absolute atomic E-state index is 4.55. The van der Waals surface area contributed by atoms with E-state index in [0.717, 1.165) is 43.3 Å². The Kier molecular flexibility index (Phi) is 5.53. The van der Waals surface area contributed by atoms with Crippen molar-refractivity contribution in [1.82, 2.24) is 25.1 Å².